The van der Waals surface area contributed by atoms with E-state index >= 15 is 0 Å². The van der Waals surface area contributed by atoms with Crippen molar-refractivity contribution in [1.29, 1.82) is 0 Å². The number of halogens is 2. The summed E-state index contributed by atoms with van der Waals surface area (Å²) in [5, 5.41) is 12.6. The molecule has 0 fully saturated rings. The molecule has 1 N–H and O–H groups in total. The van der Waals surface area contributed by atoms with Gasteiger partial charge < -0.3 is 9.84 Å². The topological polar surface area (TPSA) is 63.8 Å². The molecule has 0 saturated carbocycles. The molecule has 0 radical (unpaired) electrons. The number of carboxylic acid groups (broad SMARTS) is 1. The van der Waals surface area contributed by atoms with Crippen LogP contribution in [0.25, 0.3) is 5.52 Å². The predicted molar refractivity (Wildman–Crippen MR) is 53.7 cm³/mol. The van der Waals surface area contributed by atoms with Crippen LogP contribution in [0.2, 0.25) is 0 Å². The maximum Gasteiger partial charge on any atom is 0.339 e. The zero-order valence-corrected chi connectivity index (χ0v) is 8.51. The van der Waals surface area contributed by atoms with Crippen molar-refractivity contribution in [2.45, 2.75) is 6.43 Å². The third-order valence-electron chi connectivity index (χ3n) is 2.10. The molecule has 0 atom stereocenters. The monoisotopic (exact) mass is 242 g/mol. The third kappa shape index (κ3) is 2.32. The Kier molecular flexibility index (Phi) is 2.90. The lowest BCUT2D eigenvalue weighted by atomic mass is 10.2. The molecule has 0 aromatic carbocycles. The highest BCUT2D eigenvalue weighted by atomic mass is 19.3. The van der Waals surface area contributed by atoms with E-state index in [9.17, 15) is 13.6 Å². The predicted octanol–water partition coefficient (Wildman–Crippen LogP) is 1.68. The van der Waals surface area contributed by atoms with Crippen LogP contribution >= 0.6 is 0 Å². The molecule has 5 nitrogen and oxygen atoms in total. The van der Waals surface area contributed by atoms with E-state index in [1.54, 1.807) is 0 Å². The number of rotatable bonds is 4. The summed E-state index contributed by atoms with van der Waals surface area (Å²) >= 11 is 0. The second-order valence-corrected chi connectivity index (χ2v) is 3.26. The Morgan fingerprint density at radius 3 is 2.94 bits per heavy atom. The molecule has 90 valence electrons. The number of hydrogen-bond donors (Lipinski definition) is 1. The summed E-state index contributed by atoms with van der Waals surface area (Å²) in [6.45, 7) is -0.710. The summed E-state index contributed by atoms with van der Waals surface area (Å²) in [4.78, 5) is 10.8. The first kappa shape index (κ1) is 11.3. The third-order valence-corrected chi connectivity index (χ3v) is 2.10. The quantitative estimate of drug-likeness (QED) is 0.885. The van der Waals surface area contributed by atoms with E-state index < -0.39 is 19.0 Å². The average Bonchev–Trinajstić information content (AvgIpc) is 2.69. The molecule has 2 heterocycles. The molecule has 17 heavy (non-hydrogen) atoms. The van der Waals surface area contributed by atoms with Crippen molar-refractivity contribution < 1.29 is 23.4 Å². The van der Waals surface area contributed by atoms with Crippen LogP contribution in [0.15, 0.2) is 24.5 Å². The number of hydrogen-bond acceptors (Lipinski definition) is 3. The maximum atomic E-state index is 11.9. The lowest BCUT2D eigenvalue weighted by Gasteiger charge is -2.05. The van der Waals surface area contributed by atoms with Gasteiger partial charge in [-0.25, -0.2) is 18.1 Å². The first-order valence-corrected chi connectivity index (χ1v) is 4.69. The Hall–Kier alpha value is -2.18. The van der Waals surface area contributed by atoms with Gasteiger partial charge in [0.2, 0.25) is 0 Å². The fraction of sp³-hybridized carbons (Fsp3) is 0.200. The number of aromatic nitrogens is 2. The van der Waals surface area contributed by atoms with Crippen LogP contribution in [0.5, 0.6) is 5.75 Å². The van der Waals surface area contributed by atoms with E-state index in [4.69, 9.17) is 9.84 Å². The van der Waals surface area contributed by atoms with Gasteiger partial charge in [0.25, 0.3) is 6.43 Å². The second-order valence-electron chi connectivity index (χ2n) is 3.26. The van der Waals surface area contributed by atoms with Gasteiger partial charge in [-0.15, -0.1) is 0 Å². The number of nitrogens with zero attached hydrogens (tertiary/aromatic N) is 2. The molecule has 0 aliphatic rings. The number of pyridine rings is 1. The van der Waals surface area contributed by atoms with E-state index in [1.165, 1.54) is 29.0 Å². The van der Waals surface area contributed by atoms with Gasteiger partial charge in [-0.05, 0) is 12.1 Å². The Labute approximate surface area is 94.2 Å². The molecular weight excluding hydrogens is 234 g/mol. The van der Waals surface area contributed by atoms with E-state index in [0.29, 0.717) is 5.52 Å². The van der Waals surface area contributed by atoms with Crippen molar-refractivity contribution in [2.75, 3.05) is 6.61 Å². The smallest absolute Gasteiger partial charge is 0.339 e. The van der Waals surface area contributed by atoms with Crippen molar-refractivity contribution >= 4 is 11.5 Å². The van der Waals surface area contributed by atoms with Crippen LogP contribution in [0.4, 0.5) is 8.78 Å². The molecular formula is C10H8F2N2O3. The summed E-state index contributed by atoms with van der Waals surface area (Å²) in [6, 6.07) is 2.88. The molecule has 2 aromatic heterocycles. The minimum atomic E-state index is -2.56. The molecule has 7 heteroatoms. The van der Waals surface area contributed by atoms with Gasteiger partial charge >= 0.3 is 5.97 Å². The van der Waals surface area contributed by atoms with Crippen LogP contribution in [0.3, 0.4) is 0 Å². The van der Waals surface area contributed by atoms with Crippen molar-refractivity contribution in [3.05, 3.63) is 30.1 Å². The van der Waals surface area contributed by atoms with Crippen molar-refractivity contribution in [1.82, 2.24) is 9.61 Å². The highest BCUT2D eigenvalue weighted by Gasteiger charge is 2.11. The molecule has 0 aliphatic heterocycles. The molecule has 0 saturated heterocycles. The molecule has 0 spiro atoms. The molecule has 2 rings (SSSR count). The first-order chi connectivity index (χ1) is 8.08. The van der Waals surface area contributed by atoms with Crippen LogP contribution < -0.4 is 4.74 Å². The Morgan fingerprint density at radius 1 is 1.53 bits per heavy atom. The number of carbonyl (C=O) groups is 1. The lowest BCUT2D eigenvalue weighted by molar-refractivity contribution is 0.0699. The van der Waals surface area contributed by atoms with Gasteiger partial charge in [0.15, 0.2) is 0 Å². The fourth-order valence-corrected chi connectivity index (χ4v) is 1.37. The molecule has 0 amide bonds. The van der Waals surface area contributed by atoms with Gasteiger partial charge in [-0.2, -0.15) is 5.10 Å². The second kappa shape index (κ2) is 4.36. The van der Waals surface area contributed by atoms with Gasteiger partial charge in [-0.1, -0.05) is 0 Å². The molecule has 0 aliphatic carbocycles. The summed E-state index contributed by atoms with van der Waals surface area (Å²) < 4.78 is 29.9. The Bertz CT molecular complexity index is 553. The number of alkyl halides is 2. The van der Waals surface area contributed by atoms with Gasteiger partial charge in [-0.3, -0.25) is 0 Å². The van der Waals surface area contributed by atoms with Gasteiger partial charge in [0.05, 0.1) is 17.9 Å². The normalized spacial score (nSPS) is 11.0. The van der Waals surface area contributed by atoms with Gasteiger partial charge in [0.1, 0.15) is 17.9 Å². The summed E-state index contributed by atoms with van der Waals surface area (Å²) in [7, 11) is 0. The van der Waals surface area contributed by atoms with E-state index in [-0.39, 0.29) is 11.3 Å². The van der Waals surface area contributed by atoms with Crippen LogP contribution in [-0.4, -0.2) is 33.7 Å². The van der Waals surface area contributed by atoms with Crippen molar-refractivity contribution in [2.24, 2.45) is 0 Å². The van der Waals surface area contributed by atoms with E-state index in [2.05, 4.69) is 5.10 Å². The molecule has 0 unspecified atom stereocenters. The lowest BCUT2D eigenvalue weighted by Crippen LogP contribution is -2.07. The van der Waals surface area contributed by atoms with Gasteiger partial charge in [0, 0.05) is 0 Å². The highest BCUT2D eigenvalue weighted by Crippen LogP contribution is 2.16. The van der Waals surface area contributed by atoms with Crippen molar-refractivity contribution in [3.8, 4) is 5.75 Å². The molecule has 0 bridgehead atoms. The summed E-state index contributed by atoms with van der Waals surface area (Å²) in [5.74, 6) is -0.890. The summed E-state index contributed by atoms with van der Waals surface area (Å²) in [5.41, 5.74) is 0.423. The number of aromatic carboxylic acids is 1. The Balaban J connectivity index is 2.29. The van der Waals surface area contributed by atoms with E-state index in [1.807, 2.05) is 0 Å². The Morgan fingerprint density at radius 2 is 2.29 bits per heavy atom. The van der Waals surface area contributed by atoms with Crippen LogP contribution in [-0.2, 0) is 0 Å². The molecule has 2 aromatic rings. The zero-order valence-electron chi connectivity index (χ0n) is 8.51. The van der Waals surface area contributed by atoms with Crippen LogP contribution in [0, 0.1) is 0 Å². The summed E-state index contributed by atoms with van der Waals surface area (Å²) in [6.07, 6.45) is -0.0171. The standard InChI is InChI=1S/C10H8F2N2O3/c11-9(12)5-17-6-1-2-8-7(10(15)16)3-13-14(8)4-6/h1-4,9H,5H2,(H,15,16). The minimum Gasteiger partial charge on any atom is -0.486 e. The maximum absolute atomic E-state index is 11.9. The SMILES string of the molecule is O=C(O)c1cnn2cc(OCC(F)F)ccc12. The van der Waals surface area contributed by atoms with Crippen molar-refractivity contribution in [3.63, 3.8) is 0 Å². The van der Waals surface area contributed by atoms with E-state index in [0.717, 1.165) is 0 Å². The fourth-order valence-electron chi connectivity index (χ4n) is 1.37. The average molecular weight is 242 g/mol. The van der Waals surface area contributed by atoms with Crippen LogP contribution in [0.1, 0.15) is 10.4 Å². The minimum absolute atomic E-state index is 0.0467. The number of carboxylic acids is 1. The largest absolute Gasteiger partial charge is 0.486 e. The number of fused-ring (bicyclic) bond motifs is 1. The first-order valence-electron chi connectivity index (χ1n) is 4.69. The number of ether oxygens (including phenoxy) is 1. The zero-order chi connectivity index (χ0) is 12.4. The highest BCUT2D eigenvalue weighted by molar-refractivity contribution is 5.95.